The molecule has 1 heterocycles. The molecule has 0 atom stereocenters. The average Bonchev–Trinajstić information content (AvgIpc) is 2.64. The van der Waals surface area contributed by atoms with Crippen LogP contribution in [0.15, 0.2) is 54.7 Å². The number of benzene rings is 2. The predicted molar refractivity (Wildman–Crippen MR) is 105 cm³/mol. The molecule has 0 radical (unpaired) electrons. The van der Waals surface area contributed by atoms with E-state index in [1.54, 1.807) is 12.3 Å². The minimum atomic E-state index is -0.273. The van der Waals surface area contributed by atoms with Gasteiger partial charge in [0.05, 0.1) is 0 Å². The molecule has 1 amide bonds. The zero-order chi connectivity index (χ0) is 18.5. The molecule has 0 bridgehead atoms. The van der Waals surface area contributed by atoms with Crippen molar-refractivity contribution < 1.29 is 4.79 Å². The van der Waals surface area contributed by atoms with E-state index < -0.39 is 0 Å². The summed E-state index contributed by atoms with van der Waals surface area (Å²) in [6.45, 7) is 4.58. The summed E-state index contributed by atoms with van der Waals surface area (Å²) in [6, 6.07) is 14.9. The molecule has 6 heteroatoms. The van der Waals surface area contributed by atoms with Gasteiger partial charge in [0.1, 0.15) is 5.69 Å². The number of anilines is 2. The third-order valence-corrected chi connectivity index (χ3v) is 4.27. The maximum absolute atomic E-state index is 12.4. The number of halogens is 1. The van der Waals surface area contributed by atoms with Gasteiger partial charge in [-0.1, -0.05) is 29.8 Å². The van der Waals surface area contributed by atoms with Crippen LogP contribution in [0.2, 0.25) is 5.02 Å². The Morgan fingerprint density at radius 3 is 2.54 bits per heavy atom. The van der Waals surface area contributed by atoms with Crippen molar-refractivity contribution in [3.05, 3.63) is 82.1 Å². The Balaban J connectivity index is 1.66. The highest BCUT2D eigenvalue weighted by molar-refractivity contribution is 6.30. The van der Waals surface area contributed by atoms with Crippen LogP contribution in [-0.4, -0.2) is 15.9 Å². The summed E-state index contributed by atoms with van der Waals surface area (Å²) in [6.07, 6.45) is 1.56. The fourth-order valence-corrected chi connectivity index (χ4v) is 2.49. The Hall–Kier alpha value is -2.92. The van der Waals surface area contributed by atoms with Crippen molar-refractivity contribution in [2.75, 3.05) is 10.6 Å². The molecule has 0 aliphatic heterocycles. The van der Waals surface area contributed by atoms with Crippen molar-refractivity contribution in [2.24, 2.45) is 0 Å². The lowest BCUT2D eigenvalue weighted by molar-refractivity contribution is 0.102. The van der Waals surface area contributed by atoms with E-state index >= 15 is 0 Å². The van der Waals surface area contributed by atoms with Crippen LogP contribution in [0.25, 0.3) is 0 Å². The van der Waals surface area contributed by atoms with Crippen LogP contribution < -0.4 is 10.6 Å². The second kappa shape index (κ2) is 7.97. The normalized spacial score (nSPS) is 10.4. The first kappa shape index (κ1) is 17.9. The summed E-state index contributed by atoms with van der Waals surface area (Å²) in [7, 11) is 0. The average molecular weight is 367 g/mol. The van der Waals surface area contributed by atoms with Crippen molar-refractivity contribution in [3.8, 4) is 0 Å². The molecule has 26 heavy (non-hydrogen) atoms. The second-order valence-corrected chi connectivity index (χ2v) is 6.44. The van der Waals surface area contributed by atoms with Crippen LogP contribution in [0.4, 0.5) is 11.6 Å². The lowest BCUT2D eigenvalue weighted by Crippen LogP contribution is -2.15. The summed E-state index contributed by atoms with van der Waals surface area (Å²) in [4.78, 5) is 20.9. The molecule has 0 saturated heterocycles. The van der Waals surface area contributed by atoms with Crippen molar-refractivity contribution in [2.45, 2.75) is 20.4 Å². The molecule has 0 fully saturated rings. The summed E-state index contributed by atoms with van der Waals surface area (Å²) in [5.74, 6) is 0.123. The minimum Gasteiger partial charge on any atom is -0.350 e. The van der Waals surface area contributed by atoms with Crippen LogP contribution in [0, 0.1) is 13.8 Å². The molecule has 0 spiro atoms. The number of nitrogens with zero attached hydrogens (tertiary/aromatic N) is 2. The van der Waals surface area contributed by atoms with E-state index in [1.165, 1.54) is 5.56 Å². The van der Waals surface area contributed by atoms with Gasteiger partial charge in [-0.15, -0.1) is 0 Å². The molecular weight excluding hydrogens is 348 g/mol. The van der Waals surface area contributed by atoms with Crippen molar-refractivity contribution >= 4 is 29.1 Å². The Labute approximate surface area is 157 Å². The maximum atomic E-state index is 12.4. The lowest BCUT2D eigenvalue weighted by atomic mass is 10.1. The number of amides is 1. The quantitative estimate of drug-likeness (QED) is 0.691. The fraction of sp³-hybridized carbons (Fsp3) is 0.150. The third-order valence-electron chi connectivity index (χ3n) is 4.02. The Morgan fingerprint density at radius 1 is 1.04 bits per heavy atom. The zero-order valence-electron chi connectivity index (χ0n) is 14.6. The lowest BCUT2D eigenvalue weighted by Gasteiger charge is -2.09. The van der Waals surface area contributed by atoms with Crippen LogP contribution in [-0.2, 0) is 6.54 Å². The van der Waals surface area contributed by atoms with E-state index in [0.717, 1.165) is 16.8 Å². The Kier molecular flexibility index (Phi) is 5.49. The van der Waals surface area contributed by atoms with Gasteiger partial charge in [0.25, 0.3) is 5.91 Å². The summed E-state index contributed by atoms with van der Waals surface area (Å²) < 4.78 is 0. The van der Waals surface area contributed by atoms with Crippen molar-refractivity contribution in [1.29, 1.82) is 0 Å². The van der Waals surface area contributed by atoms with E-state index in [2.05, 4.69) is 20.6 Å². The first-order valence-corrected chi connectivity index (χ1v) is 8.59. The first-order valence-electron chi connectivity index (χ1n) is 8.21. The van der Waals surface area contributed by atoms with Crippen LogP contribution in [0.3, 0.4) is 0 Å². The summed E-state index contributed by atoms with van der Waals surface area (Å²) in [5.41, 5.74) is 4.39. The maximum Gasteiger partial charge on any atom is 0.274 e. The van der Waals surface area contributed by atoms with Gasteiger partial charge in [-0.25, -0.2) is 9.97 Å². The first-order chi connectivity index (χ1) is 12.5. The molecule has 3 aromatic rings. The SMILES string of the molecule is Cc1ccc(NC(=O)c2ccnc(NCc3ccc(Cl)cc3)n2)cc1C. The van der Waals surface area contributed by atoms with E-state index in [4.69, 9.17) is 11.6 Å². The monoisotopic (exact) mass is 366 g/mol. The van der Waals surface area contributed by atoms with E-state index in [1.807, 2.05) is 56.3 Å². The van der Waals surface area contributed by atoms with Gasteiger partial charge >= 0.3 is 0 Å². The molecule has 2 aromatic carbocycles. The van der Waals surface area contributed by atoms with Crippen LogP contribution in [0.1, 0.15) is 27.2 Å². The highest BCUT2D eigenvalue weighted by atomic mass is 35.5. The Morgan fingerprint density at radius 2 is 1.81 bits per heavy atom. The molecule has 0 aliphatic rings. The topological polar surface area (TPSA) is 66.9 Å². The van der Waals surface area contributed by atoms with Crippen LogP contribution in [0.5, 0.6) is 0 Å². The van der Waals surface area contributed by atoms with E-state index in [0.29, 0.717) is 23.2 Å². The molecule has 0 saturated carbocycles. The molecule has 3 rings (SSSR count). The largest absolute Gasteiger partial charge is 0.350 e. The molecular formula is C20H19ClN4O. The number of aryl methyl sites for hydroxylation is 2. The van der Waals surface area contributed by atoms with Crippen molar-refractivity contribution in [1.82, 2.24) is 9.97 Å². The van der Waals surface area contributed by atoms with Gasteiger partial charge in [0, 0.05) is 23.5 Å². The van der Waals surface area contributed by atoms with E-state index in [9.17, 15) is 4.79 Å². The predicted octanol–water partition coefficient (Wildman–Crippen LogP) is 4.61. The number of hydrogen-bond acceptors (Lipinski definition) is 4. The standard InChI is InChI=1S/C20H19ClN4O/c1-13-3-8-17(11-14(13)2)24-19(26)18-9-10-22-20(25-18)23-12-15-4-6-16(21)7-5-15/h3-11H,12H2,1-2H3,(H,24,26)(H,22,23,25). The van der Waals surface area contributed by atoms with Gasteiger partial charge in [0.15, 0.2) is 0 Å². The number of carbonyl (C=O) groups excluding carboxylic acids is 1. The summed E-state index contributed by atoms with van der Waals surface area (Å²) >= 11 is 5.88. The van der Waals surface area contributed by atoms with Gasteiger partial charge in [-0.2, -0.15) is 0 Å². The third kappa shape index (κ3) is 4.58. The summed E-state index contributed by atoms with van der Waals surface area (Å²) in [5, 5.41) is 6.66. The van der Waals surface area contributed by atoms with Crippen LogP contribution >= 0.6 is 11.6 Å². The van der Waals surface area contributed by atoms with Gasteiger partial charge in [0.2, 0.25) is 5.95 Å². The zero-order valence-corrected chi connectivity index (χ0v) is 15.3. The smallest absolute Gasteiger partial charge is 0.274 e. The number of aromatic nitrogens is 2. The molecule has 0 aliphatic carbocycles. The minimum absolute atomic E-state index is 0.273. The molecule has 1 aromatic heterocycles. The molecule has 0 unspecified atom stereocenters. The second-order valence-electron chi connectivity index (χ2n) is 6.00. The highest BCUT2D eigenvalue weighted by Gasteiger charge is 2.10. The molecule has 5 nitrogen and oxygen atoms in total. The fourth-order valence-electron chi connectivity index (χ4n) is 2.37. The highest BCUT2D eigenvalue weighted by Crippen LogP contribution is 2.15. The Bertz CT molecular complexity index is 925. The number of rotatable bonds is 5. The number of hydrogen-bond donors (Lipinski definition) is 2. The van der Waals surface area contributed by atoms with Gasteiger partial charge < -0.3 is 10.6 Å². The molecule has 2 N–H and O–H groups in total. The van der Waals surface area contributed by atoms with Crippen molar-refractivity contribution in [3.63, 3.8) is 0 Å². The number of carbonyl (C=O) groups is 1. The molecule has 132 valence electrons. The van der Waals surface area contributed by atoms with Gasteiger partial charge in [-0.3, -0.25) is 4.79 Å². The van der Waals surface area contributed by atoms with E-state index in [-0.39, 0.29) is 5.91 Å². The van der Waals surface area contributed by atoms with Gasteiger partial charge in [-0.05, 0) is 60.9 Å². The number of nitrogens with one attached hydrogen (secondary N) is 2.